The Labute approximate surface area is 241 Å². The summed E-state index contributed by atoms with van der Waals surface area (Å²) in [6, 6.07) is 15.5. The number of rotatable bonds is 9. The van der Waals surface area contributed by atoms with Crippen molar-refractivity contribution >= 4 is 64.9 Å². The van der Waals surface area contributed by atoms with E-state index in [1.807, 2.05) is 30.3 Å². The average Bonchev–Trinajstić information content (AvgIpc) is 2.90. The fraction of sp³-hybridized carbons (Fsp3) is 0.250. The fourth-order valence-corrected chi connectivity index (χ4v) is 5.05. The highest BCUT2D eigenvalue weighted by Crippen LogP contribution is 2.42. The molecule has 192 valence electrons. The van der Waals surface area contributed by atoms with Crippen LogP contribution in [0, 0.1) is 6.92 Å². The summed E-state index contributed by atoms with van der Waals surface area (Å²) in [6.07, 6.45) is 4.16. The van der Waals surface area contributed by atoms with Crippen molar-refractivity contribution in [3.05, 3.63) is 94.8 Å². The maximum Gasteiger partial charge on any atom is 0.282 e. The number of aryl methyl sites for hydroxylation is 2. The van der Waals surface area contributed by atoms with Crippen molar-refractivity contribution in [2.45, 2.75) is 39.7 Å². The molecule has 0 amide bonds. The van der Waals surface area contributed by atoms with Gasteiger partial charge in [-0.3, -0.25) is 4.79 Å². The van der Waals surface area contributed by atoms with Crippen molar-refractivity contribution in [2.75, 3.05) is 7.11 Å². The maximum atomic E-state index is 13.4. The summed E-state index contributed by atoms with van der Waals surface area (Å²) in [5.41, 5.74) is 3.41. The van der Waals surface area contributed by atoms with Crippen LogP contribution in [0.2, 0.25) is 0 Å². The second-order valence-electron chi connectivity index (χ2n) is 8.55. The number of nitrogens with zero attached hydrogens (tertiary/aromatic N) is 3. The van der Waals surface area contributed by atoms with E-state index in [2.05, 4.69) is 78.9 Å². The summed E-state index contributed by atoms with van der Waals surface area (Å²) in [6.45, 7) is 4.55. The molecule has 0 aliphatic heterocycles. The number of hydrogen-bond acceptors (Lipinski definition) is 5. The minimum atomic E-state index is -0.214. The van der Waals surface area contributed by atoms with Crippen LogP contribution in [-0.4, -0.2) is 23.0 Å². The van der Waals surface area contributed by atoms with Gasteiger partial charge in [0.25, 0.3) is 5.56 Å². The predicted octanol–water partition coefficient (Wildman–Crippen LogP) is 7.80. The van der Waals surface area contributed by atoms with E-state index in [-0.39, 0.29) is 5.56 Å². The zero-order valence-electron chi connectivity index (χ0n) is 20.7. The molecular weight excluding hydrogens is 666 g/mol. The van der Waals surface area contributed by atoms with Gasteiger partial charge in [-0.25, -0.2) is 4.98 Å². The van der Waals surface area contributed by atoms with Gasteiger partial charge in [0.1, 0.15) is 12.4 Å². The third-order valence-electron chi connectivity index (χ3n) is 5.82. The fourth-order valence-electron chi connectivity index (χ4n) is 3.76. The Balaban J connectivity index is 1.71. The molecule has 4 rings (SSSR count). The van der Waals surface area contributed by atoms with Crippen LogP contribution in [0.5, 0.6) is 11.5 Å². The first-order valence-corrected chi connectivity index (χ1v) is 14.2. The van der Waals surface area contributed by atoms with Crippen LogP contribution in [0.15, 0.2) is 71.8 Å². The molecule has 0 spiro atoms. The normalized spacial score (nSPS) is 11.4. The Hall–Kier alpha value is -2.49. The molecule has 9 heteroatoms. The molecule has 0 bridgehead atoms. The summed E-state index contributed by atoms with van der Waals surface area (Å²) in [4.78, 5) is 18.1. The van der Waals surface area contributed by atoms with E-state index < -0.39 is 0 Å². The summed E-state index contributed by atoms with van der Waals surface area (Å²) < 4.78 is 15.4. The highest BCUT2D eigenvalue weighted by molar-refractivity contribution is 9.13. The van der Waals surface area contributed by atoms with Gasteiger partial charge in [-0.05, 0) is 75.0 Å². The van der Waals surface area contributed by atoms with Crippen LogP contribution < -0.4 is 15.0 Å². The standard InChI is InChI=1S/C28H26Br3N3O3/c1-4-5-6-24-33-22-12-11-20(29)14-21(22)28(35)34(24)32-15-19-13-23(36-3)27(26(31)25(19)30)37-16-18-9-7-17(2)8-10-18/h7-15H,4-6,16H2,1-3H3. The van der Waals surface area contributed by atoms with Gasteiger partial charge in [0.2, 0.25) is 0 Å². The number of hydrogen-bond donors (Lipinski definition) is 0. The Morgan fingerprint density at radius 2 is 1.81 bits per heavy atom. The smallest absolute Gasteiger partial charge is 0.282 e. The molecule has 0 atom stereocenters. The van der Waals surface area contributed by atoms with E-state index in [1.165, 1.54) is 10.2 Å². The number of unbranched alkanes of at least 4 members (excludes halogenated alkanes) is 1. The first kappa shape index (κ1) is 27.5. The van der Waals surface area contributed by atoms with E-state index in [1.54, 1.807) is 19.4 Å². The number of halogens is 3. The van der Waals surface area contributed by atoms with Gasteiger partial charge in [-0.1, -0.05) is 59.1 Å². The third-order valence-corrected chi connectivity index (χ3v) is 8.46. The lowest BCUT2D eigenvalue weighted by molar-refractivity contribution is 0.282. The number of ether oxygens (including phenoxy) is 2. The van der Waals surface area contributed by atoms with E-state index in [4.69, 9.17) is 14.5 Å². The maximum absolute atomic E-state index is 13.4. The van der Waals surface area contributed by atoms with Crippen LogP contribution in [0.3, 0.4) is 0 Å². The SMILES string of the molecule is CCCCc1nc2ccc(Br)cc2c(=O)n1N=Cc1cc(OC)c(OCc2ccc(C)cc2)c(Br)c1Br. The number of methoxy groups -OCH3 is 1. The van der Waals surface area contributed by atoms with E-state index in [0.717, 1.165) is 27.4 Å². The zero-order valence-corrected chi connectivity index (χ0v) is 25.5. The van der Waals surface area contributed by atoms with Crippen LogP contribution in [-0.2, 0) is 13.0 Å². The summed E-state index contributed by atoms with van der Waals surface area (Å²) in [5, 5.41) is 5.08. The second kappa shape index (κ2) is 12.4. The highest BCUT2D eigenvalue weighted by atomic mass is 79.9. The van der Waals surface area contributed by atoms with Gasteiger partial charge in [0.05, 0.1) is 28.7 Å². The number of benzene rings is 3. The molecule has 6 nitrogen and oxygen atoms in total. The molecule has 0 aliphatic rings. The van der Waals surface area contributed by atoms with E-state index in [9.17, 15) is 4.79 Å². The monoisotopic (exact) mass is 689 g/mol. The van der Waals surface area contributed by atoms with Gasteiger partial charge < -0.3 is 9.47 Å². The molecule has 0 saturated carbocycles. The predicted molar refractivity (Wildman–Crippen MR) is 159 cm³/mol. The van der Waals surface area contributed by atoms with Crippen LogP contribution in [0.4, 0.5) is 0 Å². The third kappa shape index (κ3) is 6.33. The first-order chi connectivity index (χ1) is 17.8. The minimum absolute atomic E-state index is 0.214. The van der Waals surface area contributed by atoms with Crippen molar-refractivity contribution < 1.29 is 9.47 Å². The van der Waals surface area contributed by atoms with Crippen LogP contribution in [0.25, 0.3) is 10.9 Å². The van der Waals surface area contributed by atoms with Crippen molar-refractivity contribution in [3.8, 4) is 11.5 Å². The quantitative estimate of drug-likeness (QED) is 0.168. The summed E-state index contributed by atoms with van der Waals surface area (Å²) in [5.74, 6) is 1.74. The molecule has 3 aromatic carbocycles. The molecular formula is C28H26Br3N3O3. The lowest BCUT2D eigenvalue weighted by Gasteiger charge is -2.15. The molecule has 0 unspecified atom stereocenters. The van der Waals surface area contributed by atoms with Gasteiger partial charge in [0.15, 0.2) is 11.5 Å². The molecule has 0 aliphatic carbocycles. The van der Waals surface area contributed by atoms with Gasteiger partial charge in [0, 0.05) is 20.9 Å². The summed E-state index contributed by atoms with van der Waals surface area (Å²) >= 11 is 10.7. The Morgan fingerprint density at radius 1 is 1.05 bits per heavy atom. The van der Waals surface area contributed by atoms with Crippen molar-refractivity contribution in [1.82, 2.24) is 9.66 Å². The van der Waals surface area contributed by atoms with Crippen molar-refractivity contribution in [3.63, 3.8) is 0 Å². The average molecular weight is 692 g/mol. The highest BCUT2D eigenvalue weighted by Gasteiger charge is 2.17. The molecule has 1 heterocycles. The van der Waals surface area contributed by atoms with Gasteiger partial charge in [-0.2, -0.15) is 9.78 Å². The van der Waals surface area contributed by atoms with Crippen molar-refractivity contribution in [2.24, 2.45) is 5.10 Å². The molecule has 0 N–H and O–H groups in total. The summed E-state index contributed by atoms with van der Waals surface area (Å²) in [7, 11) is 1.59. The second-order valence-corrected chi connectivity index (χ2v) is 11.1. The lowest BCUT2D eigenvalue weighted by Crippen LogP contribution is -2.22. The van der Waals surface area contributed by atoms with Crippen molar-refractivity contribution in [1.29, 1.82) is 0 Å². The number of aromatic nitrogens is 2. The lowest BCUT2D eigenvalue weighted by atomic mass is 10.1. The molecule has 1 aromatic heterocycles. The largest absolute Gasteiger partial charge is 0.493 e. The Bertz CT molecular complexity index is 1520. The zero-order chi connectivity index (χ0) is 26.5. The molecule has 0 fully saturated rings. The van der Waals surface area contributed by atoms with E-state index in [0.29, 0.717) is 51.3 Å². The van der Waals surface area contributed by atoms with Gasteiger partial charge >= 0.3 is 0 Å². The van der Waals surface area contributed by atoms with Crippen LogP contribution >= 0.6 is 47.8 Å². The minimum Gasteiger partial charge on any atom is -0.493 e. The Kier molecular flexibility index (Phi) is 9.21. The van der Waals surface area contributed by atoms with Crippen LogP contribution in [0.1, 0.15) is 42.3 Å². The molecule has 37 heavy (non-hydrogen) atoms. The van der Waals surface area contributed by atoms with E-state index >= 15 is 0 Å². The number of fused-ring (bicyclic) bond motifs is 1. The molecule has 4 aromatic rings. The topological polar surface area (TPSA) is 65.7 Å². The Morgan fingerprint density at radius 3 is 2.51 bits per heavy atom. The molecule has 0 radical (unpaired) electrons. The first-order valence-electron chi connectivity index (χ1n) is 11.8. The van der Waals surface area contributed by atoms with Gasteiger partial charge in [-0.15, -0.1) is 0 Å². The molecule has 0 saturated heterocycles.